The van der Waals surface area contributed by atoms with E-state index in [1.807, 2.05) is 0 Å². The maximum absolute atomic E-state index is 11.9. The number of carbonyl (C=O) groups excluding carboxylic acids is 2. The lowest BCUT2D eigenvalue weighted by Gasteiger charge is -2.17. The van der Waals surface area contributed by atoms with Crippen LogP contribution >= 0.6 is 15.9 Å². The zero-order chi connectivity index (χ0) is 14.5. The number of nitrogens with zero attached hydrogens (tertiary/aromatic N) is 2. The van der Waals surface area contributed by atoms with E-state index in [0.29, 0.717) is 23.6 Å². The van der Waals surface area contributed by atoms with E-state index in [9.17, 15) is 9.59 Å². The summed E-state index contributed by atoms with van der Waals surface area (Å²) < 4.78 is 10.8. The Balaban J connectivity index is 1.80. The number of ether oxygens (including phenoxy) is 1. The Hall–Kier alpha value is -1.54. The first-order chi connectivity index (χ1) is 9.60. The summed E-state index contributed by atoms with van der Waals surface area (Å²) in [6, 6.07) is 3.24. The molecule has 8 heteroatoms. The second-order valence-corrected chi connectivity index (χ2v) is 5.14. The van der Waals surface area contributed by atoms with Crippen molar-refractivity contribution in [3.63, 3.8) is 0 Å². The summed E-state index contributed by atoms with van der Waals surface area (Å²) in [4.78, 5) is 26.7. The van der Waals surface area contributed by atoms with Crippen molar-refractivity contribution in [2.45, 2.75) is 6.54 Å². The van der Waals surface area contributed by atoms with Crippen LogP contribution in [-0.4, -0.2) is 55.2 Å². The van der Waals surface area contributed by atoms with E-state index >= 15 is 0 Å². The van der Waals surface area contributed by atoms with Crippen molar-refractivity contribution in [1.29, 1.82) is 0 Å². The summed E-state index contributed by atoms with van der Waals surface area (Å²) in [6.07, 6.45) is 0. The molecule has 1 saturated heterocycles. The Morgan fingerprint density at radius 1 is 1.55 bits per heavy atom. The van der Waals surface area contributed by atoms with Gasteiger partial charge in [-0.05, 0) is 28.1 Å². The van der Waals surface area contributed by atoms with E-state index in [4.69, 9.17) is 9.15 Å². The second-order valence-electron chi connectivity index (χ2n) is 4.35. The molecule has 0 unspecified atom stereocenters. The molecule has 0 spiro atoms. The zero-order valence-electron chi connectivity index (χ0n) is 11.1. The fourth-order valence-electron chi connectivity index (χ4n) is 1.85. The van der Waals surface area contributed by atoms with Gasteiger partial charge in [-0.2, -0.15) is 0 Å². The predicted octanol–water partition coefficient (Wildman–Crippen LogP) is 1.000. The number of halogens is 1. The largest absolute Gasteiger partial charge is 0.452 e. The summed E-state index contributed by atoms with van der Waals surface area (Å²) in [7, 11) is 1.58. The van der Waals surface area contributed by atoms with Gasteiger partial charge in [0, 0.05) is 13.7 Å². The first-order valence-corrected chi connectivity index (χ1v) is 6.93. The van der Waals surface area contributed by atoms with Crippen LogP contribution in [0.5, 0.6) is 0 Å². The third-order valence-electron chi connectivity index (χ3n) is 2.92. The van der Waals surface area contributed by atoms with Gasteiger partial charge in [-0.3, -0.25) is 9.69 Å². The van der Waals surface area contributed by atoms with Gasteiger partial charge in [0.2, 0.25) is 5.91 Å². The van der Waals surface area contributed by atoms with Gasteiger partial charge in [0.05, 0.1) is 19.8 Å². The maximum Gasteiger partial charge on any atom is 0.319 e. The van der Waals surface area contributed by atoms with Crippen LogP contribution < -0.4 is 5.32 Å². The Morgan fingerprint density at radius 3 is 3.00 bits per heavy atom. The average molecular weight is 346 g/mol. The lowest BCUT2D eigenvalue weighted by atomic mass is 10.4. The van der Waals surface area contributed by atoms with Crippen molar-refractivity contribution >= 4 is 27.9 Å². The summed E-state index contributed by atoms with van der Waals surface area (Å²) >= 11 is 3.19. The Bertz CT molecular complexity index is 491. The summed E-state index contributed by atoms with van der Waals surface area (Å²) in [5, 5.41) is 2.71. The summed E-state index contributed by atoms with van der Waals surface area (Å²) in [5.74, 6) is 0.574. The van der Waals surface area contributed by atoms with Crippen molar-refractivity contribution in [2.75, 3.05) is 33.5 Å². The number of furan rings is 1. The molecule has 0 bridgehead atoms. The highest BCUT2D eigenvalue weighted by Crippen LogP contribution is 2.14. The molecule has 110 valence electrons. The Morgan fingerprint density at radius 2 is 2.35 bits per heavy atom. The van der Waals surface area contributed by atoms with Crippen LogP contribution in [0.3, 0.4) is 0 Å². The molecule has 1 fully saturated rings. The quantitative estimate of drug-likeness (QED) is 0.863. The minimum absolute atomic E-state index is 0.0713. The molecule has 1 N–H and O–H groups in total. The van der Waals surface area contributed by atoms with Crippen LogP contribution in [0.25, 0.3) is 0 Å². The fourth-order valence-corrected chi connectivity index (χ4v) is 2.19. The van der Waals surface area contributed by atoms with Crippen molar-refractivity contribution in [3.8, 4) is 0 Å². The number of carbonyl (C=O) groups is 2. The highest BCUT2D eigenvalue weighted by atomic mass is 79.9. The number of amides is 3. The molecule has 1 aromatic rings. The summed E-state index contributed by atoms with van der Waals surface area (Å²) in [6.45, 7) is 1.62. The highest BCUT2D eigenvalue weighted by molar-refractivity contribution is 9.10. The predicted molar refractivity (Wildman–Crippen MR) is 73.8 cm³/mol. The summed E-state index contributed by atoms with van der Waals surface area (Å²) in [5.41, 5.74) is 0. The van der Waals surface area contributed by atoms with Gasteiger partial charge in [0.15, 0.2) is 4.67 Å². The van der Waals surface area contributed by atoms with Crippen LogP contribution in [0.4, 0.5) is 4.79 Å². The van der Waals surface area contributed by atoms with E-state index in [1.165, 1.54) is 4.90 Å². The zero-order valence-corrected chi connectivity index (χ0v) is 12.7. The van der Waals surface area contributed by atoms with Gasteiger partial charge in [-0.25, -0.2) is 4.79 Å². The molecule has 0 atom stereocenters. The lowest BCUT2D eigenvalue weighted by molar-refractivity contribution is -0.127. The van der Waals surface area contributed by atoms with Crippen LogP contribution in [0.15, 0.2) is 21.2 Å². The normalized spacial score (nSPS) is 15.0. The molecule has 1 aliphatic heterocycles. The van der Waals surface area contributed by atoms with Crippen LogP contribution in [-0.2, 0) is 16.1 Å². The molecule has 3 amide bonds. The Kier molecular flexibility index (Phi) is 5.02. The molecule has 2 rings (SSSR count). The molecule has 1 aliphatic rings. The van der Waals surface area contributed by atoms with Crippen molar-refractivity contribution in [1.82, 2.24) is 15.1 Å². The topological polar surface area (TPSA) is 75.0 Å². The average Bonchev–Trinajstić information content (AvgIpc) is 3.00. The molecule has 1 aromatic heterocycles. The smallest absolute Gasteiger partial charge is 0.319 e. The van der Waals surface area contributed by atoms with Crippen LogP contribution in [0.2, 0.25) is 0 Å². The van der Waals surface area contributed by atoms with Gasteiger partial charge in [0.1, 0.15) is 12.3 Å². The first-order valence-electron chi connectivity index (χ1n) is 6.14. The molecule has 0 aliphatic carbocycles. The molecule has 0 aromatic carbocycles. The van der Waals surface area contributed by atoms with Gasteiger partial charge in [-0.1, -0.05) is 0 Å². The molecule has 7 nitrogen and oxygen atoms in total. The highest BCUT2D eigenvalue weighted by Gasteiger charge is 2.30. The third kappa shape index (κ3) is 3.73. The monoisotopic (exact) mass is 345 g/mol. The number of nitrogens with one attached hydrogen (secondary N) is 1. The number of hydrogen-bond acceptors (Lipinski definition) is 4. The van der Waals surface area contributed by atoms with E-state index in [1.54, 1.807) is 24.1 Å². The number of rotatable bonds is 5. The van der Waals surface area contributed by atoms with E-state index in [2.05, 4.69) is 21.2 Å². The molecule has 2 heterocycles. The van der Waals surface area contributed by atoms with Gasteiger partial charge >= 0.3 is 6.03 Å². The number of methoxy groups -OCH3 is 1. The lowest BCUT2D eigenvalue weighted by Crippen LogP contribution is -2.39. The second kappa shape index (κ2) is 6.76. The van der Waals surface area contributed by atoms with Gasteiger partial charge < -0.3 is 19.4 Å². The number of urea groups is 1. The Labute approximate surface area is 125 Å². The minimum atomic E-state index is -0.286. The maximum atomic E-state index is 11.9. The van der Waals surface area contributed by atoms with Gasteiger partial charge in [0.25, 0.3) is 0 Å². The van der Waals surface area contributed by atoms with Crippen molar-refractivity contribution in [3.05, 3.63) is 22.6 Å². The fraction of sp³-hybridized carbons (Fsp3) is 0.500. The van der Waals surface area contributed by atoms with E-state index in [-0.39, 0.29) is 31.7 Å². The van der Waals surface area contributed by atoms with Gasteiger partial charge in [-0.15, -0.1) is 0 Å². The molecule has 0 radical (unpaired) electrons. The SMILES string of the molecule is COCCN1CN(C(=O)NCc2ccc(Br)o2)CC1=O. The molecular formula is C12H16BrN3O4. The van der Waals surface area contributed by atoms with E-state index < -0.39 is 0 Å². The van der Waals surface area contributed by atoms with Crippen LogP contribution in [0, 0.1) is 0 Å². The molecule has 20 heavy (non-hydrogen) atoms. The first kappa shape index (κ1) is 14.9. The molecular weight excluding hydrogens is 330 g/mol. The van der Waals surface area contributed by atoms with E-state index in [0.717, 1.165) is 0 Å². The van der Waals surface area contributed by atoms with Crippen molar-refractivity contribution < 1.29 is 18.7 Å². The van der Waals surface area contributed by atoms with Crippen molar-refractivity contribution in [2.24, 2.45) is 0 Å². The molecule has 0 saturated carbocycles. The minimum Gasteiger partial charge on any atom is -0.452 e. The standard InChI is InChI=1S/C12H16BrN3O4/c1-19-5-4-15-8-16(7-11(15)17)12(18)14-6-9-2-3-10(13)20-9/h2-3H,4-8H2,1H3,(H,14,18). The number of hydrogen-bond donors (Lipinski definition) is 1. The van der Waals surface area contributed by atoms with Crippen LogP contribution in [0.1, 0.15) is 5.76 Å². The third-order valence-corrected chi connectivity index (χ3v) is 3.34.